The highest BCUT2D eigenvalue weighted by Gasteiger charge is 2.42. The molecule has 2 aliphatic rings. The molecule has 0 spiro atoms. The van der Waals surface area contributed by atoms with E-state index in [0.29, 0.717) is 22.4 Å². The van der Waals surface area contributed by atoms with Crippen LogP contribution in [0.25, 0.3) is 0 Å². The van der Waals surface area contributed by atoms with E-state index in [9.17, 15) is 4.79 Å². The third kappa shape index (κ3) is 2.67. The fourth-order valence-electron chi connectivity index (χ4n) is 3.44. The van der Waals surface area contributed by atoms with Gasteiger partial charge in [-0.3, -0.25) is 4.79 Å². The minimum absolute atomic E-state index is 0. The van der Waals surface area contributed by atoms with Gasteiger partial charge in [0.05, 0.1) is 10.6 Å². The lowest BCUT2D eigenvalue weighted by Gasteiger charge is -2.19. The number of benzene rings is 1. The van der Waals surface area contributed by atoms with Gasteiger partial charge in [0, 0.05) is 19.1 Å². The first-order chi connectivity index (χ1) is 9.06. The molecule has 3 nitrogen and oxygen atoms in total. The van der Waals surface area contributed by atoms with Gasteiger partial charge in [-0.25, -0.2) is 0 Å². The van der Waals surface area contributed by atoms with Crippen molar-refractivity contribution in [3.63, 3.8) is 0 Å². The smallest absolute Gasteiger partial charge is 0.255 e. The number of carbonyl (C=O) groups is 1. The van der Waals surface area contributed by atoms with Crippen LogP contribution in [0.4, 0.5) is 0 Å². The number of amides is 1. The number of hydrogen-bond donors (Lipinski definition) is 1. The van der Waals surface area contributed by atoms with Gasteiger partial charge >= 0.3 is 0 Å². The Labute approximate surface area is 130 Å². The van der Waals surface area contributed by atoms with E-state index >= 15 is 0 Å². The summed E-state index contributed by atoms with van der Waals surface area (Å²) in [4.78, 5) is 14.4. The first-order valence-electron chi connectivity index (χ1n) is 6.87. The van der Waals surface area contributed by atoms with E-state index in [1.807, 2.05) is 30.0 Å². The summed E-state index contributed by atoms with van der Waals surface area (Å²) in [6.07, 6.45) is 2.25. The number of carbonyl (C=O) groups excluding carboxylic acids is 1. The van der Waals surface area contributed by atoms with Crippen molar-refractivity contribution in [2.24, 2.45) is 17.6 Å². The third-order valence-electron chi connectivity index (χ3n) is 4.55. The molecule has 2 N–H and O–H groups in total. The van der Waals surface area contributed by atoms with Crippen LogP contribution in [0, 0.1) is 18.8 Å². The molecule has 20 heavy (non-hydrogen) atoms. The van der Waals surface area contributed by atoms with Crippen molar-refractivity contribution in [2.75, 3.05) is 13.1 Å². The molecule has 1 aromatic carbocycles. The maximum atomic E-state index is 12.5. The number of nitrogens with two attached hydrogens (primary N) is 1. The number of likely N-dealkylation sites (tertiary alicyclic amines) is 1. The summed E-state index contributed by atoms with van der Waals surface area (Å²) >= 11 is 6.18. The molecule has 3 unspecified atom stereocenters. The van der Waals surface area contributed by atoms with Gasteiger partial charge in [0.15, 0.2) is 0 Å². The number of halogens is 2. The molecule has 1 heterocycles. The highest BCUT2D eigenvalue weighted by atomic mass is 35.5. The molecule has 0 aromatic heterocycles. The lowest BCUT2D eigenvalue weighted by molar-refractivity contribution is 0.0780. The Balaban J connectivity index is 0.00000147. The van der Waals surface area contributed by atoms with Gasteiger partial charge in [0.2, 0.25) is 0 Å². The Bertz CT molecular complexity index is 521. The SMILES string of the molecule is Cc1ccc(C(=O)N2CC3CCC(N)C3C2)c(Cl)c1.Cl. The van der Waals surface area contributed by atoms with Crippen molar-refractivity contribution in [1.82, 2.24) is 4.90 Å². The second-order valence-corrected chi connectivity index (χ2v) is 6.27. The largest absolute Gasteiger partial charge is 0.338 e. The Morgan fingerprint density at radius 3 is 2.75 bits per heavy atom. The minimum Gasteiger partial charge on any atom is -0.338 e. The standard InChI is InChI=1S/C15H19ClN2O.ClH/c1-9-2-4-11(13(16)6-9)15(19)18-7-10-3-5-14(17)12(10)8-18;/h2,4,6,10,12,14H,3,5,7-8,17H2,1H3;1H. The van der Waals surface area contributed by atoms with E-state index in [0.717, 1.165) is 31.5 Å². The molecular formula is C15H20Cl2N2O. The average Bonchev–Trinajstić information content (AvgIpc) is 2.91. The minimum atomic E-state index is 0. The lowest BCUT2D eigenvalue weighted by atomic mass is 9.98. The van der Waals surface area contributed by atoms with Crippen molar-refractivity contribution in [3.8, 4) is 0 Å². The van der Waals surface area contributed by atoms with Gasteiger partial charge in [-0.15, -0.1) is 12.4 Å². The summed E-state index contributed by atoms with van der Waals surface area (Å²) in [6, 6.07) is 5.86. The zero-order chi connectivity index (χ0) is 13.6. The topological polar surface area (TPSA) is 46.3 Å². The molecule has 1 amide bonds. The summed E-state index contributed by atoms with van der Waals surface area (Å²) in [5.74, 6) is 1.11. The van der Waals surface area contributed by atoms with Crippen LogP contribution in [-0.2, 0) is 0 Å². The maximum Gasteiger partial charge on any atom is 0.255 e. The molecule has 5 heteroatoms. The Morgan fingerprint density at radius 1 is 1.35 bits per heavy atom. The summed E-state index contributed by atoms with van der Waals surface area (Å²) < 4.78 is 0. The maximum absolute atomic E-state index is 12.5. The van der Waals surface area contributed by atoms with Gasteiger partial charge in [0.1, 0.15) is 0 Å². The predicted molar refractivity (Wildman–Crippen MR) is 83.5 cm³/mol. The van der Waals surface area contributed by atoms with Crippen LogP contribution in [0.2, 0.25) is 5.02 Å². The van der Waals surface area contributed by atoms with Crippen LogP contribution in [0.5, 0.6) is 0 Å². The summed E-state index contributed by atoms with van der Waals surface area (Å²) in [5.41, 5.74) is 7.79. The molecule has 1 aliphatic heterocycles. The quantitative estimate of drug-likeness (QED) is 0.866. The summed E-state index contributed by atoms with van der Waals surface area (Å²) in [7, 11) is 0. The molecule has 3 rings (SSSR count). The zero-order valence-electron chi connectivity index (χ0n) is 11.5. The summed E-state index contributed by atoms with van der Waals surface area (Å²) in [5, 5.41) is 0.548. The van der Waals surface area contributed by atoms with Crippen LogP contribution in [-0.4, -0.2) is 29.9 Å². The van der Waals surface area contributed by atoms with E-state index in [2.05, 4.69) is 0 Å². The molecule has 1 saturated carbocycles. The van der Waals surface area contributed by atoms with Gasteiger partial charge in [-0.2, -0.15) is 0 Å². The Hall–Kier alpha value is -0.770. The van der Waals surface area contributed by atoms with E-state index in [1.165, 1.54) is 0 Å². The third-order valence-corrected chi connectivity index (χ3v) is 4.87. The van der Waals surface area contributed by atoms with E-state index in [4.69, 9.17) is 17.3 Å². The number of nitrogens with zero attached hydrogens (tertiary/aromatic N) is 1. The van der Waals surface area contributed by atoms with E-state index in [1.54, 1.807) is 0 Å². The summed E-state index contributed by atoms with van der Waals surface area (Å²) in [6.45, 7) is 3.59. The first-order valence-corrected chi connectivity index (χ1v) is 7.25. The average molecular weight is 315 g/mol. The van der Waals surface area contributed by atoms with Crippen molar-refractivity contribution < 1.29 is 4.79 Å². The highest BCUT2D eigenvalue weighted by Crippen LogP contribution is 2.38. The second-order valence-electron chi connectivity index (χ2n) is 5.86. The highest BCUT2D eigenvalue weighted by molar-refractivity contribution is 6.33. The Kier molecular flexibility index (Phi) is 4.62. The molecule has 2 fully saturated rings. The number of aryl methyl sites for hydroxylation is 1. The van der Waals surface area contributed by atoms with Gasteiger partial charge < -0.3 is 10.6 Å². The predicted octanol–water partition coefficient (Wildman–Crippen LogP) is 2.88. The van der Waals surface area contributed by atoms with Crippen LogP contribution in [0.1, 0.15) is 28.8 Å². The molecule has 1 aromatic rings. The number of fused-ring (bicyclic) bond motifs is 1. The van der Waals surface area contributed by atoms with Crippen LogP contribution in [0.3, 0.4) is 0 Å². The molecule has 1 aliphatic carbocycles. The molecule has 1 saturated heterocycles. The number of hydrogen-bond acceptors (Lipinski definition) is 2. The van der Waals surface area contributed by atoms with Gasteiger partial charge in [-0.1, -0.05) is 17.7 Å². The normalized spacial score (nSPS) is 28.1. The second kappa shape index (κ2) is 5.92. The fraction of sp³-hybridized carbons (Fsp3) is 0.533. The Morgan fingerprint density at radius 2 is 2.10 bits per heavy atom. The van der Waals surface area contributed by atoms with Crippen molar-refractivity contribution in [1.29, 1.82) is 0 Å². The zero-order valence-corrected chi connectivity index (χ0v) is 13.1. The van der Waals surface area contributed by atoms with Crippen LogP contribution < -0.4 is 5.73 Å². The van der Waals surface area contributed by atoms with Gasteiger partial charge in [0.25, 0.3) is 5.91 Å². The number of rotatable bonds is 1. The van der Waals surface area contributed by atoms with Crippen molar-refractivity contribution in [2.45, 2.75) is 25.8 Å². The lowest BCUT2D eigenvalue weighted by Crippen LogP contribution is -2.33. The molecule has 3 atom stereocenters. The molecule has 0 bridgehead atoms. The monoisotopic (exact) mass is 314 g/mol. The van der Waals surface area contributed by atoms with Crippen molar-refractivity contribution >= 4 is 29.9 Å². The van der Waals surface area contributed by atoms with Crippen LogP contribution >= 0.6 is 24.0 Å². The molecular weight excluding hydrogens is 295 g/mol. The fourth-order valence-corrected chi connectivity index (χ4v) is 3.75. The van der Waals surface area contributed by atoms with E-state index in [-0.39, 0.29) is 24.4 Å². The first kappa shape index (κ1) is 15.6. The van der Waals surface area contributed by atoms with Gasteiger partial charge in [-0.05, 0) is 49.3 Å². The van der Waals surface area contributed by atoms with Crippen molar-refractivity contribution in [3.05, 3.63) is 34.3 Å². The van der Waals surface area contributed by atoms with E-state index < -0.39 is 0 Å². The van der Waals surface area contributed by atoms with Crippen LogP contribution in [0.15, 0.2) is 18.2 Å². The molecule has 0 radical (unpaired) electrons. The molecule has 110 valence electrons.